The number of furan rings is 1. The van der Waals surface area contributed by atoms with Gasteiger partial charge in [0.1, 0.15) is 17.0 Å². The minimum absolute atomic E-state index is 0.105. The number of carbonyl (C=O) groups is 1. The van der Waals surface area contributed by atoms with Crippen molar-refractivity contribution in [1.29, 1.82) is 0 Å². The highest BCUT2D eigenvalue weighted by atomic mass is 35.5. The van der Waals surface area contributed by atoms with Crippen molar-refractivity contribution in [3.8, 4) is 0 Å². The van der Waals surface area contributed by atoms with Crippen LogP contribution in [0.2, 0.25) is 5.02 Å². The Morgan fingerprint density at radius 1 is 1.25 bits per heavy atom. The maximum atomic E-state index is 13.1. The minimum Gasteiger partial charge on any atom is -0.467 e. The largest absolute Gasteiger partial charge is 0.467 e. The molecule has 0 saturated carbocycles. The van der Waals surface area contributed by atoms with E-state index in [2.05, 4.69) is 10.4 Å². The molecule has 1 aromatic carbocycles. The Labute approximate surface area is 189 Å². The molecular formula is C21H16ClN5O4S. The van der Waals surface area contributed by atoms with Crippen LogP contribution in [0.4, 0.5) is 5.69 Å². The quantitative estimate of drug-likeness (QED) is 0.426. The monoisotopic (exact) mass is 469 g/mol. The Morgan fingerprint density at radius 3 is 2.84 bits per heavy atom. The number of amides is 1. The van der Waals surface area contributed by atoms with Crippen LogP contribution in [-0.4, -0.2) is 24.7 Å². The lowest BCUT2D eigenvalue weighted by atomic mass is 10.2. The molecule has 0 aliphatic carbocycles. The smallest absolute Gasteiger partial charge is 0.352 e. The molecule has 0 aliphatic rings. The molecule has 5 rings (SSSR count). The van der Waals surface area contributed by atoms with Crippen LogP contribution in [0.1, 0.15) is 11.3 Å². The van der Waals surface area contributed by atoms with Crippen LogP contribution < -0.4 is 16.6 Å². The minimum atomic E-state index is -0.520. The standard InChI is InChI=1S/C21H16ClN5O4S/c1-12-4-5-13(9-15(12)22)23-17(28)11-26-21(30)27-16-6-8-32-18(16)19(29)25(20(27)24-26)10-14-3-2-7-31-14/h2-9H,10-11H2,1H3,(H,23,28). The van der Waals surface area contributed by atoms with Gasteiger partial charge in [-0.3, -0.25) is 14.2 Å². The Morgan fingerprint density at radius 2 is 2.09 bits per heavy atom. The topological polar surface area (TPSA) is 104 Å². The molecule has 0 spiro atoms. The van der Waals surface area contributed by atoms with Crippen molar-refractivity contribution >= 4 is 50.5 Å². The summed E-state index contributed by atoms with van der Waals surface area (Å²) in [5.74, 6) is 0.228. The van der Waals surface area contributed by atoms with E-state index in [-0.39, 0.29) is 24.4 Å². The van der Waals surface area contributed by atoms with Crippen molar-refractivity contribution in [3.05, 3.63) is 85.2 Å². The molecular weight excluding hydrogens is 454 g/mol. The number of anilines is 1. The molecule has 4 heterocycles. The zero-order valence-electron chi connectivity index (χ0n) is 16.7. The summed E-state index contributed by atoms with van der Waals surface area (Å²) in [6, 6.07) is 10.3. The fourth-order valence-corrected chi connectivity index (χ4v) is 4.45. The van der Waals surface area contributed by atoms with Crippen molar-refractivity contribution in [2.24, 2.45) is 0 Å². The highest BCUT2D eigenvalue weighted by molar-refractivity contribution is 7.17. The van der Waals surface area contributed by atoms with Crippen molar-refractivity contribution in [2.45, 2.75) is 20.0 Å². The second kappa shape index (κ2) is 7.81. The molecule has 1 N–H and O–H groups in total. The van der Waals surface area contributed by atoms with Gasteiger partial charge in [-0.05, 0) is 48.2 Å². The van der Waals surface area contributed by atoms with E-state index in [1.54, 1.807) is 41.8 Å². The van der Waals surface area contributed by atoms with Crippen molar-refractivity contribution < 1.29 is 9.21 Å². The number of nitrogens with zero attached hydrogens (tertiary/aromatic N) is 4. The average molecular weight is 470 g/mol. The normalized spacial score (nSPS) is 11.4. The SMILES string of the molecule is Cc1ccc(NC(=O)Cn2nc3n(Cc4ccco4)c(=O)c4sccc4n3c2=O)cc1Cl. The van der Waals surface area contributed by atoms with E-state index < -0.39 is 11.6 Å². The van der Waals surface area contributed by atoms with E-state index in [0.717, 1.165) is 10.2 Å². The molecule has 9 nitrogen and oxygen atoms in total. The molecule has 162 valence electrons. The molecule has 5 aromatic rings. The van der Waals surface area contributed by atoms with Gasteiger partial charge in [0.25, 0.3) is 5.56 Å². The third-order valence-electron chi connectivity index (χ3n) is 5.03. The first-order valence-electron chi connectivity index (χ1n) is 9.60. The number of thiophene rings is 1. The lowest BCUT2D eigenvalue weighted by Crippen LogP contribution is -2.29. The van der Waals surface area contributed by atoms with Crippen LogP contribution in [0.15, 0.2) is 62.0 Å². The molecule has 32 heavy (non-hydrogen) atoms. The summed E-state index contributed by atoms with van der Waals surface area (Å²) in [5, 5.41) is 9.27. The van der Waals surface area contributed by atoms with Crippen LogP contribution in [0.25, 0.3) is 16.0 Å². The van der Waals surface area contributed by atoms with Gasteiger partial charge in [-0.15, -0.1) is 16.4 Å². The number of aryl methyl sites for hydroxylation is 1. The van der Waals surface area contributed by atoms with E-state index >= 15 is 0 Å². The van der Waals surface area contributed by atoms with Gasteiger partial charge in [-0.25, -0.2) is 13.9 Å². The lowest BCUT2D eigenvalue weighted by Gasteiger charge is -2.06. The molecule has 0 fully saturated rings. The first-order valence-corrected chi connectivity index (χ1v) is 10.9. The van der Waals surface area contributed by atoms with Crippen molar-refractivity contribution in [2.75, 3.05) is 5.32 Å². The molecule has 0 bridgehead atoms. The molecule has 0 atom stereocenters. The number of nitrogens with one attached hydrogen (secondary N) is 1. The zero-order chi connectivity index (χ0) is 22.4. The second-order valence-corrected chi connectivity index (χ2v) is 8.52. The fourth-order valence-electron chi connectivity index (χ4n) is 3.44. The number of rotatable bonds is 5. The molecule has 4 aromatic heterocycles. The summed E-state index contributed by atoms with van der Waals surface area (Å²) >= 11 is 7.35. The number of fused-ring (bicyclic) bond motifs is 3. The molecule has 0 radical (unpaired) electrons. The number of aromatic nitrogens is 4. The highest BCUT2D eigenvalue weighted by Crippen LogP contribution is 2.20. The second-order valence-electron chi connectivity index (χ2n) is 7.19. The average Bonchev–Trinajstić information content (AvgIpc) is 3.49. The van der Waals surface area contributed by atoms with Crippen LogP contribution in [-0.2, 0) is 17.9 Å². The number of benzene rings is 1. The van der Waals surface area contributed by atoms with Gasteiger partial charge in [0.15, 0.2) is 0 Å². The molecule has 0 unspecified atom stereocenters. The Balaban J connectivity index is 1.56. The summed E-state index contributed by atoms with van der Waals surface area (Å²) in [6.45, 7) is 1.64. The van der Waals surface area contributed by atoms with Gasteiger partial charge < -0.3 is 9.73 Å². The number of halogens is 1. The third kappa shape index (κ3) is 3.43. The van der Waals surface area contributed by atoms with Crippen LogP contribution >= 0.6 is 22.9 Å². The summed E-state index contributed by atoms with van der Waals surface area (Å²) < 4.78 is 9.53. The molecule has 1 amide bonds. The first kappa shape index (κ1) is 20.3. The van der Waals surface area contributed by atoms with Gasteiger partial charge in [-0.1, -0.05) is 17.7 Å². The predicted octanol–water partition coefficient (Wildman–Crippen LogP) is 3.11. The number of carbonyl (C=O) groups excluding carboxylic acids is 1. The van der Waals surface area contributed by atoms with Crippen molar-refractivity contribution in [3.63, 3.8) is 0 Å². The predicted molar refractivity (Wildman–Crippen MR) is 122 cm³/mol. The van der Waals surface area contributed by atoms with Gasteiger partial charge in [0.2, 0.25) is 11.7 Å². The van der Waals surface area contributed by atoms with Crippen LogP contribution in [0, 0.1) is 6.92 Å². The molecule has 11 heteroatoms. The molecule has 0 saturated heterocycles. The number of hydrogen-bond donors (Lipinski definition) is 1. The van der Waals surface area contributed by atoms with E-state index in [1.165, 1.54) is 26.6 Å². The Hall–Kier alpha value is -3.63. The van der Waals surface area contributed by atoms with E-state index in [1.807, 2.05) is 6.92 Å². The lowest BCUT2D eigenvalue weighted by molar-refractivity contribution is -0.117. The van der Waals surface area contributed by atoms with E-state index in [9.17, 15) is 14.4 Å². The highest BCUT2D eigenvalue weighted by Gasteiger charge is 2.20. The maximum Gasteiger partial charge on any atom is 0.352 e. The number of hydrogen-bond acceptors (Lipinski definition) is 6. The Bertz CT molecular complexity index is 1590. The summed E-state index contributed by atoms with van der Waals surface area (Å²) in [4.78, 5) is 38.8. The third-order valence-corrected chi connectivity index (χ3v) is 6.33. The van der Waals surface area contributed by atoms with Crippen LogP contribution in [0.3, 0.4) is 0 Å². The molecule has 0 aliphatic heterocycles. The van der Waals surface area contributed by atoms with Gasteiger partial charge in [0, 0.05) is 10.7 Å². The summed E-state index contributed by atoms with van der Waals surface area (Å²) in [7, 11) is 0. The Kier molecular flexibility index (Phi) is 4.95. The first-order chi connectivity index (χ1) is 15.4. The van der Waals surface area contributed by atoms with Gasteiger partial charge in [-0.2, -0.15) is 0 Å². The maximum absolute atomic E-state index is 13.1. The van der Waals surface area contributed by atoms with Crippen molar-refractivity contribution in [1.82, 2.24) is 18.7 Å². The van der Waals surface area contributed by atoms with E-state index in [4.69, 9.17) is 16.0 Å². The fraction of sp³-hybridized carbons (Fsp3) is 0.143. The zero-order valence-corrected chi connectivity index (χ0v) is 18.3. The summed E-state index contributed by atoms with van der Waals surface area (Å²) in [6.07, 6.45) is 1.51. The van der Waals surface area contributed by atoms with Gasteiger partial charge in [0.05, 0.1) is 18.3 Å². The van der Waals surface area contributed by atoms with E-state index in [0.29, 0.717) is 26.7 Å². The van der Waals surface area contributed by atoms with Crippen LogP contribution in [0.5, 0.6) is 0 Å². The van der Waals surface area contributed by atoms with Gasteiger partial charge >= 0.3 is 5.69 Å². The summed E-state index contributed by atoms with van der Waals surface area (Å²) in [5.41, 5.74) is 1.05.